The number of hydrogen-bond acceptors (Lipinski definition) is 1. The smallest absolute Gasteiger partial charge is 0 e. The zero-order valence-electron chi connectivity index (χ0n) is 2.91. The summed E-state index contributed by atoms with van der Waals surface area (Å²) < 4.78 is 0. The first-order valence-electron chi connectivity index (χ1n) is 0. The summed E-state index contributed by atoms with van der Waals surface area (Å²) in [4.78, 5) is 0. The molecule has 0 heterocycles. The van der Waals surface area contributed by atoms with Crippen molar-refractivity contribution >= 4 is 28.8 Å². The first-order valence-corrected chi connectivity index (χ1v) is 0. The van der Waals surface area contributed by atoms with Gasteiger partial charge in [0.2, 0.25) is 0 Å². The van der Waals surface area contributed by atoms with E-state index in [0.717, 1.165) is 0 Å². The van der Waals surface area contributed by atoms with E-state index < -0.39 is 0 Å². The topological polar surface area (TPSA) is 66.5 Å². The van der Waals surface area contributed by atoms with Gasteiger partial charge in [-0.1, -0.05) is 7.43 Å². The maximum Gasteiger partial charge on any atom is 0 e. The van der Waals surface area contributed by atoms with E-state index >= 15 is 0 Å². The molecule has 0 aromatic rings. The summed E-state index contributed by atoms with van der Waals surface area (Å²) in [5.74, 6) is 0. The van der Waals surface area contributed by atoms with Gasteiger partial charge in [-0.3, -0.25) is 0 Å². The van der Waals surface area contributed by atoms with Crippen LogP contribution in [0.4, 0.5) is 0 Å². The molecule has 5 heavy (non-hydrogen) atoms. The zero-order chi connectivity index (χ0) is 0. The Labute approximate surface area is 48.4 Å². The van der Waals surface area contributed by atoms with E-state index in [1.807, 2.05) is 0 Å². The monoisotopic (exact) mass is 92.1 g/mol. The molecule has 0 aliphatic heterocycles. The van der Waals surface area contributed by atoms with Crippen molar-refractivity contribution < 1.29 is 5.48 Å². The third-order valence-electron chi connectivity index (χ3n) is 0. The van der Waals surface area contributed by atoms with Gasteiger partial charge in [0.25, 0.3) is 0 Å². The van der Waals surface area contributed by atoms with Gasteiger partial charge in [-0.2, -0.15) is 9.90 Å². The van der Waals surface area contributed by atoms with Gasteiger partial charge in [0.05, 0.1) is 0 Å². The van der Waals surface area contributed by atoms with Crippen LogP contribution in [0.2, 0.25) is 0 Å². The second-order valence-corrected chi connectivity index (χ2v) is 0. The van der Waals surface area contributed by atoms with E-state index in [1.165, 1.54) is 0 Å². The molecule has 0 aromatic heterocycles. The van der Waals surface area contributed by atoms with E-state index in [2.05, 4.69) is 0 Å². The maximum absolute atomic E-state index is 0. The maximum atomic E-state index is 0. The molecule has 2 nitrogen and oxygen atoms in total. The Hall–Kier alpha value is 0.947. The predicted octanol–water partition coefficient (Wildman–Crippen LogP) is -0.349. The van der Waals surface area contributed by atoms with Crippen molar-refractivity contribution in [2.75, 3.05) is 0 Å². The van der Waals surface area contributed by atoms with Crippen LogP contribution in [-0.2, 0) is 0 Å². The molecule has 0 aliphatic carbocycles. The fourth-order valence-electron chi connectivity index (χ4n) is 0. The van der Waals surface area contributed by atoms with Crippen molar-refractivity contribution in [1.82, 2.24) is 6.15 Å². The third-order valence-corrected chi connectivity index (χ3v) is 0. The molecule has 1 atom stereocenters. The van der Waals surface area contributed by atoms with Gasteiger partial charge < -0.3 is 11.6 Å². The molecule has 1 radical (unpaired) electrons. The van der Waals surface area contributed by atoms with Gasteiger partial charge in [-0.25, -0.2) is 0 Å². The average molecular weight is 92.0 g/mol. The first-order chi connectivity index (χ1) is 0. The van der Waals surface area contributed by atoms with Crippen LogP contribution in [0, 0.1) is 0 Å². The molecule has 0 fully saturated rings. The molecule has 0 rings (SSSR count). The molecular formula is CH12LiNOP. The zero-order valence-corrected chi connectivity index (χ0v) is 4.33. The van der Waals surface area contributed by atoms with E-state index in [4.69, 9.17) is 0 Å². The standard InChI is InChI=1S/CH4.Li.H3N.H2O.H3P/h1H4;;1H3;1H2;1H3. The second kappa shape index (κ2) is 85.9. The molecular weight excluding hydrogens is 79.9 g/mol. The third kappa shape index (κ3) is 47.9. The molecule has 0 aromatic carbocycles. The Bertz CT molecular complexity index is 11.6. The van der Waals surface area contributed by atoms with E-state index in [1.54, 1.807) is 0 Å². The fourth-order valence-corrected chi connectivity index (χ4v) is 0. The van der Waals surface area contributed by atoms with Crippen LogP contribution in [0.1, 0.15) is 7.43 Å². The van der Waals surface area contributed by atoms with Crippen LogP contribution in [0.15, 0.2) is 0 Å². The van der Waals surface area contributed by atoms with Crippen LogP contribution < -0.4 is 6.15 Å². The quantitative estimate of drug-likeness (QED) is 0.322. The predicted molar refractivity (Wildman–Crippen MR) is 32.2 cm³/mol. The summed E-state index contributed by atoms with van der Waals surface area (Å²) >= 11 is 0. The SMILES string of the molecule is C.N.O.P.[Li]. The Kier molecular flexibility index (Phi) is 2790. The Balaban J connectivity index is 0. The minimum atomic E-state index is 0. The van der Waals surface area contributed by atoms with Crippen molar-refractivity contribution in [3.63, 3.8) is 0 Å². The summed E-state index contributed by atoms with van der Waals surface area (Å²) in [6.07, 6.45) is 0. The van der Waals surface area contributed by atoms with E-state index in [0.29, 0.717) is 0 Å². The van der Waals surface area contributed by atoms with Gasteiger partial charge >= 0.3 is 0 Å². The molecule has 1 unspecified atom stereocenters. The van der Waals surface area contributed by atoms with Crippen molar-refractivity contribution in [3.05, 3.63) is 0 Å². The molecule has 33 valence electrons. The Morgan fingerprint density at radius 2 is 1.00 bits per heavy atom. The van der Waals surface area contributed by atoms with Crippen LogP contribution in [0.3, 0.4) is 0 Å². The van der Waals surface area contributed by atoms with Gasteiger partial charge in [0.1, 0.15) is 0 Å². The molecule has 0 bridgehead atoms. The van der Waals surface area contributed by atoms with Gasteiger partial charge in [-0.15, -0.1) is 0 Å². The fraction of sp³-hybridized carbons (Fsp3) is 1.00. The van der Waals surface area contributed by atoms with Crippen molar-refractivity contribution in [2.24, 2.45) is 0 Å². The molecule has 0 amide bonds. The summed E-state index contributed by atoms with van der Waals surface area (Å²) in [5, 5.41) is 0. The normalized spacial score (nSPS) is 0. The van der Waals surface area contributed by atoms with Crippen molar-refractivity contribution in [3.8, 4) is 0 Å². The number of hydrogen-bond donors (Lipinski definition) is 1. The average Bonchev–Trinajstić information content (AvgIpc) is 0. The molecule has 0 saturated carbocycles. The largest absolute Gasteiger partial charge is 0.412 e. The molecule has 0 saturated heterocycles. The minimum Gasteiger partial charge on any atom is -0.412 e. The summed E-state index contributed by atoms with van der Waals surface area (Å²) in [6.45, 7) is 0. The Morgan fingerprint density at radius 3 is 1.00 bits per heavy atom. The first kappa shape index (κ1) is 162. The summed E-state index contributed by atoms with van der Waals surface area (Å²) in [7, 11) is 0. The number of rotatable bonds is 0. The van der Waals surface area contributed by atoms with Gasteiger partial charge in [-0.05, 0) is 0 Å². The van der Waals surface area contributed by atoms with Gasteiger partial charge in [0, 0.05) is 18.9 Å². The van der Waals surface area contributed by atoms with Crippen molar-refractivity contribution in [1.29, 1.82) is 0 Å². The van der Waals surface area contributed by atoms with E-state index in [-0.39, 0.29) is 47.8 Å². The van der Waals surface area contributed by atoms with E-state index in [9.17, 15) is 0 Å². The van der Waals surface area contributed by atoms with Crippen molar-refractivity contribution in [2.45, 2.75) is 7.43 Å². The summed E-state index contributed by atoms with van der Waals surface area (Å²) in [5.41, 5.74) is 0. The van der Waals surface area contributed by atoms with Crippen LogP contribution in [0.25, 0.3) is 0 Å². The summed E-state index contributed by atoms with van der Waals surface area (Å²) in [6, 6.07) is 0. The molecule has 5 N–H and O–H groups in total. The molecule has 4 heteroatoms. The molecule has 0 aliphatic rings. The van der Waals surface area contributed by atoms with Crippen LogP contribution >= 0.6 is 9.90 Å². The Morgan fingerprint density at radius 1 is 1.00 bits per heavy atom. The molecule has 0 spiro atoms. The van der Waals surface area contributed by atoms with Gasteiger partial charge in [0.15, 0.2) is 0 Å². The second-order valence-electron chi connectivity index (χ2n) is 0. The van der Waals surface area contributed by atoms with Crippen LogP contribution in [0.5, 0.6) is 0 Å². The minimum absolute atomic E-state index is 0. The van der Waals surface area contributed by atoms with Crippen LogP contribution in [-0.4, -0.2) is 24.3 Å².